The number of halogens is 1. The minimum atomic E-state index is 0. The summed E-state index contributed by atoms with van der Waals surface area (Å²) in [5, 5.41) is 7.36. The third-order valence-corrected chi connectivity index (χ3v) is 5.01. The molecule has 0 saturated carbocycles. The van der Waals surface area contributed by atoms with Gasteiger partial charge in [0.25, 0.3) is 0 Å². The second kappa shape index (κ2) is 10.9. The maximum absolute atomic E-state index is 6.15. The van der Waals surface area contributed by atoms with Crippen molar-refractivity contribution < 1.29 is 0 Å². The summed E-state index contributed by atoms with van der Waals surface area (Å²) in [4.78, 5) is 8.56. The SMILES string of the molecule is Cc1cc(C)cc(NC(N)=NCc2ccccc2-c2ccc(Cn3cncn3)cc2)c1.I. The van der Waals surface area contributed by atoms with E-state index in [2.05, 4.69) is 88.8 Å². The average Bonchev–Trinajstić information content (AvgIpc) is 3.25. The van der Waals surface area contributed by atoms with Gasteiger partial charge in [-0.05, 0) is 59.4 Å². The first kappa shape index (κ1) is 23.5. The maximum Gasteiger partial charge on any atom is 0.193 e. The Morgan fingerprint density at radius 1 is 1.00 bits per heavy atom. The molecule has 0 unspecified atom stereocenters. The van der Waals surface area contributed by atoms with Crippen molar-refractivity contribution in [1.82, 2.24) is 14.8 Å². The number of aryl methyl sites for hydroxylation is 2. The number of nitrogens with zero attached hydrogens (tertiary/aromatic N) is 4. The molecule has 0 saturated heterocycles. The average molecular weight is 538 g/mol. The topological polar surface area (TPSA) is 81.1 Å². The van der Waals surface area contributed by atoms with E-state index in [1.807, 2.05) is 16.8 Å². The van der Waals surface area contributed by atoms with Crippen LogP contribution >= 0.6 is 24.0 Å². The Balaban J connectivity index is 0.00000289. The Kier molecular flexibility index (Phi) is 7.99. The van der Waals surface area contributed by atoms with Crippen molar-refractivity contribution in [2.75, 3.05) is 5.32 Å². The number of anilines is 1. The van der Waals surface area contributed by atoms with Crippen LogP contribution in [0.1, 0.15) is 22.3 Å². The van der Waals surface area contributed by atoms with Gasteiger partial charge < -0.3 is 11.1 Å². The molecule has 0 aliphatic heterocycles. The van der Waals surface area contributed by atoms with Gasteiger partial charge in [0.05, 0.1) is 13.1 Å². The molecule has 4 aromatic rings. The van der Waals surface area contributed by atoms with Crippen LogP contribution in [0.3, 0.4) is 0 Å². The third-order valence-electron chi connectivity index (χ3n) is 5.01. The van der Waals surface area contributed by atoms with Crippen LogP contribution in [0, 0.1) is 13.8 Å². The Morgan fingerprint density at radius 2 is 1.72 bits per heavy atom. The summed E-state index contributed by atoms with van der Waals surface area (Å²) in [6.45, 7) is 5.34. The molecular formula is C25H27IN6. The number of nitrogens with two attached hydrogens (primary N) is 1. The number of benzene rings is 3. The molecule has 3 aromatic carbocycles. The minimum Gasteiger partial charge on any atom is -0.370 e. The molecule has 0 aliphatic rings. The highest BCUT2D eigenvalue weighted by Gasteiger charge is 2.06. The van der Waals surface area contributed by atoms with Crippen molar-refractivity contribution in [3.05, 3.63) is 102 Å². The van der Waals surface area contributed by atoms with Gasteiger partial charge >= 0.3 is 0 Å². The van der Waals surface area contributed by atoms with Crippen LogP contribution in [0.4, 0.5) is 5.69 Å². The number of aromatic nitrogens is 3. The smallest absolute Gasteiger partial charge is 0.193 e. The van der Waals surface area contributed by atoms with Crippen molar-refractivity contribution in [1.29, 1.82) is 0 Å². The molecule has 0 spiro atoms. The Hall–Kier alpha value is -3.20. The first-order chi connectivity index (χ1) is 15.1. The molecule has 0 bridgehead atoms. The molecule has 1 aromatic heterocycles. The molecule has 4 rings (SSSR count). The van der Waals surface area contributed by atoms with E-state index in [1.54, 1.807) is 12.7 Å². The quantitative estimate of drug-likeness (QED) is 0.202. The van der Waals surface area contributed by atoms with Gasteiger partial charge in [0.1, 0.15) is 12.7 Å². The molecule has 32 heavy (non-hydrogen) atoms. The van der Waals surface area contributed by atoms with Crippen molar-refractivity contribution in [2.24, 2.45) is 10.7 Å². The standard InChI is InChI=1S/C25H26N6.HI/c1-18-11-19(2)13-23(12-18)30-25(26)28-14-22-5-3-4-6-24(22)21-9-7-20(8-10-21)15-31-17-27-16-29-31;/h3-13,16-17H,14-15H2,1-2H3,(H3,26,28,30);1H. The fourth-order valence-electron chi connectivity index (χ4n) is 3.64. The first-order valence-electron chi connectivity index (χ1n) is 10.2. The summed E-state index contributed by atoms with van der Waals surface area (Å²) in [5.41, 5.74) is 14.1. The minimum absolute atomic E-state index is 0. The van der Waals surface area contributed by atoms with E-state index in [1.165, 1.54) is 16.7 Å². The molecule has 3 N–H and O–H groups in total. The highest BCUT2D eigenvalue weighted by atomic mass is 127. The largest absolute Gasteiger partial charge is 0.370 e. The fraction of sp³-hybridized carbons (Fsp3) is 0.160. The number of aliphatic imine (C=N–C) groups is 1. The van der Waals surface area contributed by atoms with Crippen LogP contribution in [-0.4, -0.2) is 20.7 Å². The van der Waals surface area contributed by atoms with E-state index in [0.717, 1.165) is 22.4 Å². The van der Waals surface area contributed by atoms with Crippen molar-refractivity contribution in [3.8, 4) is 11.1 Å². The van der Waals surface area contributed by atoms with Gasteiger partial charge in [-0.2, -0.15) is 5.10 Å². The van der Waals surface area contributed by atoms with Gasteiger partial charge in [0, 0.05) is 5.69 Å². The lowest BCUT2D eigenvalue weighted by Crippen LogP contribution is -2.22. The van der Waals surface area contributed by atoms with Gasteiger partial charge in [-0.1, -0.05) is 54.6 Å². The number of rotatable bonds is 6. The van der Waals surface area contributed by atoms with Crippen molar-refractivity contribution in [2.45, 2.75) is 26.9 Å². The summed E-state index contributed by atoms with van der Waals surface area (Å²) in [6, 6.07) is 23.0. The molecule has 1 heterocycles. The van der Waals surface area contributed by atoms with Gasteiger partial charge in [0.2, 0.25) is 0 Å². The molecular weight excluding hydrogens is 511 g/mol. The summed E-state index contributed by atoms with van der Waals surface area (Å²) < 4.78 is 1.81. The van der Waals surface area contributed by atoms with Gasteiger partial charge in [-0.15, -0.1) is 24.0 Å². The molecule has 0 fully saturated rings. The molecule has 0 radical (unpaired) electrons. The predicted octanol–water partition coefficient (Wildman–Crippen LogP) is 5.16. The predicted molar refractivity (Wildman–Crippen MR) is 141 cm³/mol. The first-order valence-corrected chi connectivity index (χ1v) is 10.2. The lowest BCUT2D eigenvalue weighted by atomic mass is 9.98. The zero-order chi connectivity index (χ0) is 21.6. The molecule has 164 valence electrons. The third kappa shape index (κ3) is 6.16. The van der Waals surface area contributed by atoms with Crippen LogP contribution < -0.4 is 11.1 Å². The molecule has 0 atom stereocenters. The summed E-state index contributed by atoms with van der Waals surface area (Å²) in [7, 11) is 0. The summed E-state index contributed by atoms with van der Waals surface area (Å²) in [5.74, 6) is 0.406. The highest BCUT2D eigenvalue weighted by molar-refractivity contribution is 14.0. The summed E-state index contributed by atoms with van der Waals surface area (Å²) in [6.07, 6.45) is 3.27. The van der Waals surface area contributed by atoms with Crippen LogP contribution in [0.5, 0.6) is 0 Å². The van der Waals surface area contributed by atoms with Crippen LogP contribution in [0.2, 0.25) is 0 Å². The van der Waals surface area contributed by atoms with E-state index >= 15 is 0 Å². The van der Waals surface area contributed by atoms with Crippen LogP contribution in [-0.2, 0) is 13.1 Å². The van der Waals surface area contributed by atoms with E-state index in [-0.39, 0.29) is 24.0 Å². The second-order valence-electron chi connectivity index (χ2n) is 7.65. The molecule has 6 nitrogen and oxygen atoms in total. The highest BCUT2D eigenvalue weighted by Crippen LogP contribution is 2.25. The number of hydrogen-bond acceptors (Lipinski definition) is 3. The van der Waals surface area contributed by atoms with Crippen molar-refractivity contribution in [3.63, 3.8) is 0 Å². The molecule has 0 aliphatic carbocycles. The maximum atomic E-state index is 6.15. The van der Waals surface area contributed by atoms with Crippen LogP contribution in [0.15, 0.2) is 84.4 Å². The van der Waals surface area contributed by atoms with E-state index in [4.69, 9.17) is 5.73 Å². The Labute approximate surface area is 205 Å². The van der Waals surface area contributed by atoms with E-state index < -0.39 is 0 Å². The second-order valence-corrected chi connectivity index (χ2v) is 7.65. The van der Waals surface area contributed by atoms with E-state index in [9.17, 15) is 0 Å². The van der Waals surface area contributed by atoms with E-state index in [0.29, 0.717) is 19.0 Å². The number of hydrogen-bond donors (Lipinski definition) is 2. The van der Waals surface area contributed by atoms with Gasteiger partial charge in [-0.3, -0.25) is 0 Å². The fourth-order valence-corrected chi connectivity index (χ4v) is 3.64. The van der Waals surface area contributed by atoms with Crippen molar-refractivity contribution >= 4 is 35.6 Å². The normalized spacial score (nSPS) is 11.1. The van der Waals surface area contributed by atoms with Gasteiger partial charge in [0.15, 0.2) is 5.96 Å². The Morgan fingerprint density at radius 3 is 2.41 bits per heavy atom. The molecule has 0 amide bonds. The molecule has 7 heteroatoms. The lowest BCUT2D eigenvalue weighted by Gasteiger charge is -2.11. The summed E-state index contributed by atoms with van der Waals surface area (Å²) >= 11 is 0. The van der Waals surface area contributed by atoms with Gasteiger partial charge in [-0.25, -0.2) is 14.7 Å². The van der Waals surface area contributed by atoms with Crippen LogP contribution in [0.25, 0.3) is 11.1 Å². The zero-order valence-corrected chi connectivity index (χ0v) is 20.5. The number of nitrogens with one attached hydrogen (secondary N) is 1. The zero-order valence-electron chi connectivity index (χ0n) is 18.2. The monoisotopic (exact) mass is 538 g/mol. The Bertz CT molecular complexity index is 1160. The number of guanidine groups is 1. The lowest BCUT2D eigenvalue weighted by molar-refractivity contribution is 0.685.